The van der Waals surface area contributed by atoms with Gasteiger partial charge < -0.3 is 20.4 Å². The van der Waals surface area contributed by atoms with E-state index in [1.165, 1.54) is 12.3 Å². The SMILES string of the molecule is CC1(C)CN(C(=O)c2ccc(-c3cc(C(F)(F)F)c4oc(CCC(=O)/C=C/c5ccc(N)nc5)cc4c3)cc2)CCN1. The zero-order valence-electron chi connectivity index (χ0n) is 23.3. The van der Waals surface area contributed by atoms with E-state index in [0.717, 1.165) is 6.07 Å². The minimum atomic E-state index is -4.65. The van der Waals surface area contributed by atoms with E-state index in [9.17, 15) is 22.8 Å². The number of benzene rings is 2. The Morgan fingerprint density at radius 1 is 1.10 bits per heavy atom. The molecule has 0 radical (unpaired) electrons. The number of ketones is 1. The van der Waals surface area contributed by atoms with Crippen molar-refractivity contribution in [2.75, 3.05) is 25.4 Å². The topological polar surface area (TPSA) is 101 Å². The quantitative estimate of drug-likeness (QED) is 0.257. The number of carbonyl (C=O) groups excluding carboxylic acids is 2. The number of hydrogen-bond donors (Lipinski definition) is 2. The Bertz CT molecular complexity index is 1640. The van der Waals surface area contributed by atoms with Gasteiger partial charge in [-0.2, -0.15) is 13.2 Å². The largest absolute Gasteiger partial charge is 0.460 e. The highest BCUT2D eigenvalue weighted by atomic mass is 19.4. The van der Waals surface area contributed by atoms with E-state index < -0.39 is 11.7 Å². The molecule has 2 aromatic heterocycles. The third kappa shape index (κ3) is 6.71. The highest BCUT2D eigenvalue weighted by molar-refractivity contribution is 5.95. The van der Waals surface area contributed by atoms with Crippen LogP contribution in [0.25, 0.3) is 28.2 Å². The standard InChI is InChI=1S/C32H31F3N4O3/c1-31(2)19-39(14-13-38-31)30(41)22-7-5-21(6-8-22)23-15-24-16-26(42-29(24)27(17-23)32(33,34)35)11-10-25(40)9-3-20-4-12-28(36)37-18-20/h3-9,12,15-18,38H,10-11,13-14,19H2,1-2H3,(H2,36,37)/b9-3+. The second kappa shape index (κ2) is 11.4. The maximum Gasteiger partial charge on any atom is 0.420 e. The molecule has 0 unspecified atom stereocenters. The molecule has 42 heavy (non-hydrogen) atoms. The lowest BCUT2D eigenvalue weighted by Crippen LogP contribution is -2.58. The van der Waals surface area contributed by atoms with Gasteiger partial charge in [0.15, 0.2) is 5.78 Å². The number of carbonyl (C=O) groups is 2. The first-order valence-corrected chi connectivity index (χ1v) is 13.6. The predicted molar refractivity (Wildman–Crippen MR) is 156 cm³/mol. The first kappa shape index (κ1) is 29.1. The Kier molecular flexibility index (Phi) is 7.92. The molecule has 1 aliphatic heterocycles. The fourth-order valence-corrected chi connectivity index (χ4v) is 5.04. The lowest BCUT2D eigenvalue weighted by atomic mass is 9.98. The summed E-state index contributed by atoms with van der Waals surface area (Å²) in [5.74, 6) is 0.329. The highest BCUT2D eigenvalue weighted by Crippen LogP contribution is 2.39. The van der Waals surface area contributed by atoms with Gasteiger partial charge in [-0.3, -0.25) is 9.59 Å². The summed E-state index contributed by atoms with van der Waals surface area (Å²) >= 11 is 0. The summed E-state index contributed by atoms with van der Waals surface area (Å²) < 4.78 is 47.8. The number of anilines is 1. The fraction of sp³-hybridized carbons (Fsp3) is 0.281. The van der Waals surface area contributed by atoms with Crippen molar-refractivity contribution in [1.82, 2.24) is 15.2 Å². The minimum Gasteiger partial charge on any atom is -0.460 e. The molecule has 1 amide bonds. The molecule has 3 N–H and O–H groups in total. The van der Waals surface area contributed by atoms with Crippen LogP contribution >= 0.6 is 0 Å². The molecule has 0 aliphatic carbocycles. The average Bonchev–Trinajstić information content (AvgIpc) is 3.37. The molecule has 1 aliphatic rings. The number of piperazine rings is 1. The number of nitrogens with zero attached hydrogens (tertiary/aromatic N) is 2. The van der Waals surface area contributed by atoms with Crippen molar-refractivity contribution in [1.29, 1.82) is 0 Å². The molecular formula is C32H31F3N4O3. The Hall–Kier alpha value is -4.44. The molecule has 218 valence electrons. The zero-order valence-corrected chi connectivity index (χ0v) is 23.3. The predicted octanol–water partition coefficient (Wildman–Crippen LogP) is 6.13. The molecule has 0 spiro atoms. The lowest BCUT2D eigenvalue weighted by Gasteiger charge is -2.39. The molecule has 0 atom stereocenters. The van der Waals surface area contributed by atoms with E-state index in [2.05, 4.69) is 10.3 Å². The molecule has 2 aromatic carbocycles. The monoisotopic (exact) mass is 576 g/mol. The van der Waals surface area contributed by atoms with Crippen molar-refractivity contribution >= 4 is 34.6 Å². The van der Waals surface area contributed by atoms with Gasteiger partial charge >= 0.3 is 6.18 Å². The van der Waals surface area contributed by atoms with Gasteiger partial charge in [0.05, 0.1) is 5.56 Å². The molecule has 5 rings (SSSR count). The maximum atomic E-state index is 14.1. The van der Waals surface area contributed by atoms with Gasteiger partial charge in [-0.1, -0.05) is 12.1 Å². The summed E-state index contributed by atoms with van der Waals surface area (Å²) in [6.45, 7) is 5.89. The third-order valence-electron chi connectivity index (χ3n) is 7.19. The Morgan fingerprint density at radius 2 is 1.86 bits per heavy atom. The van der Waals surface area contributed by atoms with E-state index in [1.807, 2.05) is 13.8 Å². The number of nitrogens with two attached hydrogens (primary N) is 1. The van der Waals surface area contributed by atoms with Gasteiger partial charge in [0.2, 0.25) is 0 Å². The number of pyridine rings is 1. The van der Waals surface area contributed by atoms with Crippen LogP contribution in [0.15, 0.2) is 71.3 Å². The number of alkyl halides is 3. The average molecular weight is 577 g/mol. The number of halogens is 3. The van der Waals surface area contributed by atoms with Crippen molar-refractivity contribution in [2.24, 2.45) is 0 Å². The Balaban J connectivity index is 1.34. The van der Waals surface area contributed by atoms with Crippen LogP contribution in [0.2, 0.25) is 0 Å². The molecular weight excluding hydrogens is 545 g/mol. The second-order valence-corrected chi connectivity index (χ2v) is 11.1. The van der Waals surface area contributed by atoms with Crippen molar-refractivity contribution in [3.63, 3.8) is 0 Å². The van der Waals surface area contributed by atoms with Gasteiger partial charge in [-0.25, -0.2) is 4.98 Å². The molecule has 0 bridgehead atoms. The lowest BCUT2D eigenvalue weighted by molar-refractivity contribution is -0.136. The Morgan fingerprint density at radius 3 is 2.52 bits per heavy atom. The molecule has 3 heterocycles. The minimum absolute atomic E-state index is 0.0622. The Labute approximate surface area is 241 Å². The van der Waals surface area contributed by atoms with E-state index in [0.29, 0.717) is 47.7 Å². The van der Waals surface area contributed by atoms with Gasteiger partial charge in [-0.15, -0.1) is 0 Å². The number of furan rings is 1. The summed E-state index contributed by atoms with van der Waals surface area (Å²) in [5.41, 5.74) is 6.26. The first-order valence-electron chi connectivity index (χ1n) is 13.6. The second-order valence-electron chi connectivity index (χ2n) is 11.1. The van der Waals surface area contributed by atoms with Crippen LogP contribution < -0.4 is 11.1 Å². The van der Waals surface area contributed by atoms with Gasteiger partial charge in [-0.05, 0) is 85.2 Å². The maximum absolute atomic E-state index is 14.1. The first-order chi connectivity index (χ1) is 19.9. The molecule has 1 fully saturated rings. The van der Waals surface area contributed by atoms with Crippen molar-refractivity contribution < 1.29 is 27.2 Å². The van der Waals surface area contributed by atoms with Gasteiger partial charge in [0, 0.05) is 55.2 Å². The van der Waals surface area contributed by atoms with Crippen LogP contribution in [0.3, 0.4) is 0 Å². The summed E-state index contributed by atoms with van der Waals surface area (Å²) in [4.78, 5) is 31.1. The smallest absolute Gasteiger partial charge is 0.420 e. The number of fused-ring (bicyclic) bond motifs is 1. The third-order valence-corrected chi connectivity index (χ3v) is 7.19. The fourth-order valence-electron chi connectivity index (χ4n) is 5.04. The van der Waals surface area contributed by atoms with E-state index in [1.54, 1.807) is 59.5 Å². The van der Waals surface area contributed by atoms with E-state index in [-0.39, 0.29) is 46.8 Å². The highest BCUT2D eigenvalue weighted by Gasteiger charge is 2.35. The number of amides is 1. The normalized spacial score (nSPS) is 15.4. The number of allylic oxidation sites excluding steroid dienone is 1. The number of nitrogens with one attached hydrogen (secondary N) is 1. The van der Waals surface area contributed by atoms with Crippen molar-refractivity contribution in [3.05, 3.63) is 89.3 Å². The molecule has 10 heteroatoms. The number of aryl methyl sites for hydroxylation is 1. The molecule has 1 saturated heterocycles. The van der Waals surface area contributed by atoms with Crippen LogP contribution in [0.4, 0.5) is 19.0 Å². The summed E-state index contributed by atoms with van der Waals surface area (Å²) in [5, 5.41) is 3.65. The number of hydrogen-bond acceptors (Lipinski definition) is 6. The number of aromatic nitrogens is 1. The van der Waals surface area contributed by atoms with E-state index >= 15 is 0 Å². The molecule has 7 nitrogen and oxygen atoms in total. The number of rotatable bonds is 7. The zero-order chi connectivity index (χ0) is 30.1. The number of nitrogen functional groups attached to an aromatic ring is 1. The van der Waals surface area contributed by atoms with Gasteiger partial charge in [0.25, 0.3) is 5.91 Å². The summed E-state index contributed by atoms with van der Waals surface area (Å²) in [6.07, 6.45) is 0.0846. The summed E-state index contributed by atoms with van der Waals surface area (Å²) in [6, 6.07) is 14.2. The van der Waals surface area contributed by atoms with Crippen LogP contribution in [0.1, 0.15) is 47.5 Å². The summed E-state index contributed by atoms with van der Waals surface area (Å²) in [7, 11) is 0. The molecule has 4 aromatic rings. The van der Waals surface area contributed by atoms with E-state index in [4.69, 9.17) is 10.2 Å². The van der Waals surface area contributed by atoms with Crippen LogP contribution in [-0.2, 0) is 17.4 Å². The van der Waals surface area contributed by atoms with Crippen molar-refractivity contribution in [2.45, 2.75) is 38.4 Å². The molecule has 0 saturated carbocycles. The van der Waals surface area contributed by atoms with Crippen LogP contribution in [0, 0.1) is 0 Å². The van der Waals surface area contributed by atoms with Gasteiger partial charge in [0.1, 0.15) is 17.2 Å². The van der Waals surface area contributed by atoms with Crippen molar-refractivity contribution in [3.8, 4) is 11.1 Å². The van der Waals surface area contributed by atoms with Crippen LogP contribution in [-0.4, -0.2) is 46.7 Å². The van der Waals surface area contributed by atoms with Crippen LogP contribution in [0.5, 0.6) is 0 Å².